The summed E-state index contributed by atoms with van der Waals surface area (Å²) in [4.78, 5) is 0.276. The first-order valence-electron chi connectivity index (χ1n) is 8.59. The topological polar surface area (TPSA) is 64.6 Å². The summed E-state index contributed by atoms with van der Waals surface area (Å²) in [5.74, 6) is 1.40. The van der Waals surface area contributed by atoms with Gasteiger partial charge >= 0.3 is 0 Å². The maximum atomic E-state index is 13.1. The quantitative estimate of drug-likeness (QED) is 0.880. The summed E-state index contributed by atoms with van der Waals surface area (Å²) >= 11 is 0. The highest BCUT2D eigenvalue weighted by Gasteiger charge is 2.36. The molecule has 1 atom stereocenters. The second-order valence-corrected chi connectivity index (χ2v) is 8.98. The lowest BCUT2D eigenvalue weighted by molar-refractivity contribution is 0.0702. The van der Waals surface area contributed by atoms with Crippen LogP contribution in [-0.2, 0) is 10.0 Å². The SMILES string of the molecule is COc1ccc(S(=O)(=O)N[C@@H]2CC(C)(C)Oc3ccccc32)c(C)c1C. The van der Waals surface area contributed by atoms with Gasteiger partial charge in [-0.25, -0.2) is 13.1 Å². The molecule has 2 aromatic rings. The zero-order valence-electron chi connectivity index (χ0n) is 15.8. The van der Waals surface area contributed by atoms with Crippen LogP contribution in [0.2, 0.25) is 0 Å². The van der Waals surface area contributed by atoms with Gasteiger partial charge in [-0.15, -0.1) is 0 Å². The van der Waals surface area contributed by atoms with E-state index in [1.54, 1.807) is 26.2 Å². The van der Waals surface area contributed by atoms with Crippen LogP contribution >= 0.6 is 0 Å². The van der Waals surface area contributed by atoms with Crippen molar-refractivity contribution in [1.82, 2.24) is 4.72 Å². The van der Waals surface area contributed by atoms with Crippen molar-refractivity contribution < 1.29 is 17.9 Å². The molecule has 1 N–H and O–H groups in total. The Labute approximate surface area is 155 Å². The maximum Gasteiger partial charge on any atom is 0.241 e. The van der Waals surface area contributed by atoms with Crippen molar-refractivity contribution >= 4 is 10.0 Å². The lowest BCUT2D eigenvalue weighted by Crippen LogP contribution is -2.41. The van der Waals surface area contributed by atoms with Crippen LogP contribution in [0.1, 0.15) is 43.0 Å². The molecule has 6 heteroatoms. The summed E-state index contributed by atoms with van der Waals surface area (Å²) in [6.07, 6.45) is 0.553. The Kier molecular flexibility index (Phi) is 4.75. The van der Waals surface area contributed by atoms with Gasteiger partial charge in [-0.1, -0.05) is 18.2 Å². The number of ether oxygens (including phenoxy) is 2. The van der Waals surface area contributed by atoms with Gasteiger partial charge < -0.3 is 9.47 Å². The van der Waals surface area contributed by atoms with E-state index in [0.29, 0.717) is 17.7 Å². The molecular formula is C20H25NO4S. The highest BCUT2D eigenvalue weighted by Crippen LogP contribution is 2.40. The largest absolute Gasteiger partial charge is 0.496 e. The highest BCUT2D eigenvalue weighted by molar-refractivity contribution is 7.89. The number of sulfonamides is 1. The van der Waals surface area contributed by atoms with Crippen LogP contribution in [0.4, 0.5) is 0 Å². The second kappa shape index (κ2) is 6.59. The third-order valence-electron chi connectivity index (χ3n) is 4.87. The van der Waals surface area contributed by atoms with E-state index >= 15 is 0 Å². The molecule has 0 aliphatic carbocycles. The first-order valence-corrected chi connectivity index (χ1v) is 10.1. The van der Waals surface area contributed by atoms with Gasteiger partial charge in [-0.05, 0) is 57.0 Å². The smallest absolute Gasteiger partial charge is 0.241 e. The minimum atomic E-state index is -3.69. The standard InChI is InChI=1S/C20H25NO4S/c1-13-14(2)19(11-10-17(13)24-5)26(22,23)21-16-12-20(3,4)25-18-9-7-6-8-15(16)18/h6-11,16,21H,12H2,1-5H3/t16-/m1/s1. The van der Waals surface area contributed by atoms with Crippen LogP contribution in [0.15, 0.2) is 41.3 Å². The molecule has 1 aliphatic rings. The molecule has 0 bridgehead atoms. The van der Waals surface area contributed by atoms with E-state index in [2.05, 4.69) is 4.72 Å². The fraction of sp³-hybridized carbons (Fsp3) is 0.400. The summed E-state index contributed by atoms with van der Waals surface area (Å²) in [7, 11) is -2.11. The lowest BCUT2D eigenvalue weighted by atomic mass is 9.90. The molecule has 0 unspecified atom stereocenters. The van der Waals surface area contributed by atoms with Crippen LogP contribution < -0.4 is 14.2 Å². The molecule has 1 heterocycles. The van der Waals surface area contributed by atoms with E-state index in [1.165, 1.54) is 0 Å². The Bertz CT molecular complexity index is 935. The fourth-order valence-electron chi connectivity index (χ4n) is 3.44. The molecule has 140 valence electrons. The number of hydrogen-bond acceptors (Lipinski definition) is 4. The minimum Gasteiger partial charge on any atom is -0.496 e. The van der Waals surface area contributed by atoms with Crippen LogP contribution in [0.25, 0.3) is 0 Å². The minimum absolute atomic E-state index is 0.276. The molecule has 0 fully saturated rings. The average molecular weight is 375 g/mol. The first-order chi connectivity index (χ1) is 12.1. The van der Waals surface area contributed by atoms with Crippen molar-refractivity contribution in [2.45, 2.75) is 50.7 Å². The normalized spacial score (nSPS) is 18.7. The Hall–Kier alpha value is -2.05. The summed E-state index contributed by atoms with van der Waals surface area (Å²) < 4.78 is 40.4. The van der Waals surface area contributed by atoms with Crippen molar-refractivity contribution in [3.63, 3.8) is 0 Å². The lowest BCUT2D eigenvalue weighted by Gasteiger charge is -2.37. The number of nitrogens with one attached hydrogen (secondary N) is 1. The maximum absolute atomic E-state index is 13.1. The summed E-state index contributed by atoms with van der Waals surface area (Å²) in [5.41, 5.74) is 1.92. The van der Waals surface area contributed by atoms with E-state index in [4.69, 9.17) is 9.47 Å². The highest BCUT2D eigenvalue weighted by atomic mass is 32.2. The molecular weight excluding hydrogens is 350 g/mol. The molecule has 0 aromatic heterocycles. The van der Waals surface area contributed by atoms with Crippen molar-refractivity contribution in [1.29, 1.82) is 0 Å². The first kappa shape index (κ1) is 18.7. The number of rotatable bonds is 4. The molecule has 1 aliphatic heterocycles. The van der Waals surface area contributed by atoms with Crippen molar-refractivity contribution in [3.05, 3.63) is 53.1 Å². The molecule has 5 nitrogen and oxygen atoms in total. The predicted molar refractivity (Wildman–Crippen MR) is 101 cm³/mol. The van der Waals surface area contributed by atoms with Gasteiger partial charge in [0.25, 0.3) is 0 Å². The third-order valence-corrected chi connectivity index (χ3v) is 6.49. The van der Waals surface area contributed by atoms with Crippen LogP contribution in [0.5, 0.6) is 11.5 Å². The van der Waals surface area contributed by atoms with Crippen LogP contribution in [0.3, 0.4) is 0 Å². The third kappa shape index (κ3) is 3.44. The Balaban J connectivity index is 1.99. The Morgan fingerprint density at radius 2 is 1.81 bits per heavy atom. The molecule has 0 saturated heterocycles. The summed E-state index contributed by atoms with van der Waals surface area (Å²) in [5, 5.41) is 0. The zero-order chi connectivity index (χ0) is 19.1. The number of para-hydroxylation sites is 1. The van der Waals surface area contributed by atoms with E-state index in [-0.39, 0.29) is 10.9 Å². The molecule has 2 aromatic carbocycles. The second-order valence-electron chi connectivity index (χ2n) is 7.29. The molecule has 3 rings (SSSR count). The van der Waals surface area contributed by atoms with E-state index in [0.717, 1.165) is 16.9 Å². The van der Waals surface area contributed by atoms with Gasteiger partial charge in [0.2, 0.25) is 10.0 Å². The summed E-state index contributed by atoms with van der Waals surface area (Å²) in [6.45, 7) is 7.59. The zero-order valence-corrected chi connectivity index (χ0v) is 16.6. The molecule has 26 heavy (non-hydrogen) atoms. The van der Waals surface area contributed by atoms with Gasteiger partial charge in [0, 0.05) is 12.0 Å². The van der Waals surface area contributed by atoms with E-state index in [1.807, 2.05) is 45.0 Å². The average Bonchev–Trinajstić information content (AvgIpc) is 2.55. The van der Waals surface area contributed by atoms with Crippen molar-refractivity contribution in [2.24, 2.45) is 0 Å². The van der Waals surface area contributed by atoms with E-state index in [9.17, 15) is 8.42 Å². The van der Waals surface area contributed by atoms with Gasteiger partial charge in [0.05, 0.1) is 18.0 Å². The predicted octanol–water partition coefficient (Wildman–Crippen LogP) is 3.89. The molecule has 0 radical (unpaired) electrons. The molecule has 0 saturated carbocycles. The number of methoxy groups -OCH3 is 1. The fourth-order valence-corrected chi connectivity index (χ4v) is 4.96. The van der Waals surface area contributed by atoms with Gasteiger partial charge in [-0.2, -0.15) is 0 Å². The number of hydrogen-bond donors (Lipinski definition) is 1. The van der Waals surface area contributed by atoms with Gasteiger partial charge in [-0.3, -0.25) is 0 Å². The molecule has 0 amide bonds. The number of fused-ring (bicyclic) bond motifs is 1. The van der Waals surface area contributed by atoms with Crippen molar-refractivity contribution in [3.8, 4) is 11.5 Å². The van der Waals surface area contributed by atoms with E-state index < -0.39 is 15.6 Å². The van der Waals surface area contributed by atoms with Crippen LogP contribution in [-0.4, -0.2) is 21.1 Å². The van der Waals surface area contributed by atoms with Crippen molar-refractivity contribution in [2.75, 3.05) is 7.11 Å². The van der Waals surface area contributed by atoms with Crippen LogP contribution in [0, 0.1) is 13.8 Å². The Morgan fingerprint density at radius 1 is 1.12 bits per heavy atom. The number of benzene rings is 2. The monoisotopic (exact) mass is 375 g/mol. The van der Waals surface area contributed by atoms with Gasteiger partial charge in [0.15, 0.2) is 0 Å². The van der Waals surface area contributed by atoms with Gasteiger partial charge in [0.1, 0.15) is 17.1 Å². The summed E-state index contributed by atoms with van der Waals surface area (Å²) in [6, 6.07) is 10.5. The Morgan fingerprint density at radius 3 is 2.50 bits per heavy atom. The molecule has 0 spiro atoms.